The standard InChI is InChI=1S/C13H18N2O4/c1-2-3-9-19-13(18)14-15(10-12(16)17)11-7-5-4-6-8-11/h4-8H,2-3,9-10H2,1H3,(H,14,18)(H,16,17). The van der Waals surface area contributed by atoms with E-state index in [2.05, 4.69) is 5.43 Å². The van der Waals surface area contributed by atoms with Crippen LogP contribution in [0.3, 0.4) is 0 Å². The molecule has 104 valence electrons. The van der Waals surface area contributed by atoms with E-state index >= 15 is 0 Å². The van der Waals surface area contributed by atoms with Gasteiger partial charge in [0.1, 0.15) is 6.54 Å². The second kappa shape index (κ2) is 7.97. The SMILES string of the molecule is CCCCOC(=O)NN(CC(=O)O)c1ccccc1. The van der Waals surface area contributed by atoms with Gasteiger partial charge in [-0.15, -0.1) is 0 Å². The molecule has 1 aromatic carbocycles. The van der Waals surface area contributed by atoms with Gasteiger partial charge in [-0.2, -0.15) is 0 Å². The van der Waals surface area contributed by atoms with Gasteiger partial charge in [-0.25, -0.2) is 10.2 Å². The van der Waals surface area contributed by atoms with Gasteiger partial charge < -0.3 is 9.84 Å². The molecule has 0 unspecified atom stereocenters. The first-order valence-corrected chi connectivity index (χ1v) is 6.11. The normalized spacial score (nSPS) is 9.74. The topological polar surface area (TPSA) is 78.9 Å². The summed E-state index contributed by atoms with van der Waals surface area (Å²) in [7, 11) is 0. The van der Waals surface area contributed by atoms with Gasteiger partial charge >= 0.3 is 12.1 Å². The number of unbranched alkanes of at least 4 members (excludes halogenated alkanes) is 1. The lowest BCUT2D eigenvalue weighted by molar-refractivity contribution is -0.135. The first-order valence-electron chi connectivity index (χ1n) is 6.11. The van der Waals surface area contributed by atoms with Crippen LogP contribution in [-0.2, 0) is 9.53 Å². The lowest BCUT2D eigenvalue weighted by Gasteiger charge is -2.22. The largest absolute Gasteiger partial charge is 0.480 e. The third-order valence-corrected chi connectivity index (χ3v) is 2.32. The third-order valence-electron chi connectivity index (χ3n) is 2.32. The van der Waals surface area contributed by atoms with Crippen LogP contribution in [0, 0.1) is 0 Å². The van der Waals surface area contributed by atoms with Gasteiger partial charge in [-0.3, -0.25) is 9.80 Å². The van der Waals surface area contributed by atoms with Crippen molar-refractivity contribution in [3.05, 3.63) is 30.3 Å². The summed E-state index contributed by atoms with van der Waals surface area (Å²) in [5.74, 6) is -1.04. The minimum absolute atomic E-state index is 0.317. The number of carboxylic acids is 1. The summed E-state index contributed by atoms with van der Waals surface area (Å²) >= 11 is 0. The molecule has 0 aromatic heterocycles. The number of nitrogens with zero attached hydrogens (tertiary/aromatic N) is 1. The minimum atomic E-state index is -1.04. The number of hydrazine groups is 1. The maximum atomic E-state index is 11.5. The highest BCUT2D eigenvalue weighted by Crippen LogP contribution is 2.10. The van der Waals surface area contributed by atoms with Crippen LogP contribution in [0.4, 0.5) is 10.5 Å². The van der Waals surface area contributed by atoms with Crippen molar-refractivity contribution in [2.45, 2.75) is 19.8 Å². The fourth-order valence-corrected chi connectivity index (χ4v) is 1.39. The van der Waals surface area contributed by atoms with Crippen LogP contribution in [0.1, 0.15) is 19.8 Å². The molecule has 0 radical (unpaired) electrons. The summed E-state index contributed by atoms with van der Waals surface area (Å²) in [5.41, 5.74) is 3.00. The monoisotopic (exact) mass is 266 g/mol. The molecule has 0 aliphatic rings. The van der Waals surface area contributed by atoms with E-state index in [0.717, 1.165) is 12.8 Å². The Kier molecular flexibility index (Phi) is 6.21. The molecule has 1 aromatic rings. The van der Waals surface area contributed by atoms with Crippen LogP contribution >= 0.6 is 0 Å². The molecule has 6 nitrogen and oxygen atoms in total. The number of para-hydroxylation sites is 1. The van der Waals surface area contributed by atoms with Gasteiger partial charge in [-0.1, -0.05) is 31.5 Å². The molecule has 0 fully saturated rings. The zero-order valence-electron chi connectivity index (χ0n) is 10.8. The summed E-state index contributed by atoms with van der Waals surface area (Å²) in [6, 6.07) is 8.73. The van der Waals surface area contributed by atoms with E-state index in [1.54, 1.807) is 24.3 Å². The second-order valence-electron chi connectivity index (χ2n) is 3.92. The lowest BCUT2D eigenvalue weighted by Crippen LogP contribution is -2.45. The average Bonchev–Trinajstić information content (AvgIpc) is 2.39. The minimum Gasteiger partial charge on any atom is -0.480 e. The van der Waals surface area contributed by atoms with Gasteiger partial charge in [-0.05, 0) is 18.6 Å². The number of carboxylic acid groups (broad SMARTS) is 1. The molecule has 19 heavy (non-hydrogen) atoms. The predicted octanol–water partition coefficient (Wildman–Crippen LogP) is 2.02. The third kappa shape index (κ3) is 5.76. The molecule has 0 saturated heterocycles. The number of anilines is 1. The van der Waals surface area contributed by atoms with Crippen LogP contribution in [0.25, 0.3) is 0 Å². The van der Waals surface area contributed by atoms with Crippen LogP contribution in [-0.4, -0.2) is 30.3 Å². The van der Waals surface area contributed by atoms with Crippen molar-refractivity contribution in [3.8, 4) is 0 Å². The van der Waals surface area contributed by atoms with E-state index in [-0.39, 0.29) is 6.54 Å². The van der Waals surface area contributed by atoms with Crippen molar-refractivity contribution in [1.82, 2.24) is 5.43 Å². The fraction of sp³-hybridized carbons (Fsp3) is 0.385. The molecule has 0 aliphatic carbocycles. The van der Waals surface area contributed by atoms with Crippen molar-refractivity contribution in [3.63, 3.8) is 0 Å². The first-order chi connectivity index (χ1) is 9.13. The molecule has 6 heteroatoms. The number of rotatable bonds is 7. The highest BCUT2D eigenvalue weighted by molar-refractivity contribution is 5.77. The smallest absolute Gasteiger partial charge is 0.426 e. The molecule has 2 N–H and O–H groups in total. The van der Waals surface area contributed by atoms with E-state index < -0.39 is 12.1 Å². The van der Waals surface area contributed by atoms with Crippen LogP contribution < -0.4 is 10.4 Å². The number of amides is 1. The van der Waals surface area contributed by atoms with E-state index in [1.165, 1.54) is 5.01 Å². The Morgan fingerprint density at radius 2 is 2.00 bits per heavy atom. The maximum Gasteiger partial charge on any atom is 0.426 e. The fourth-order valence-electron chi connectivity index (χ4n) is 1.39. The molecule has 0 heterocycles. The van der Waals surface area contributed by atoms with Gasteiger partial charge in [0.15, 0.2) is 0 Å². The van der Waals surface area contributed by atoms with E-state index in [1.807, 2.05) is 13.0 Å². The van der Waals surface area contributed by atoms with Crippen molar-refractivity contribution in [1.29, 1.82) is 0 Å². The highest BCUT2D eigenvalue weighted by Gasteiger charge is 2.14. The van der Waals surface area contributed by atoms with Gasteiger partial charge in [0, 0.05) is 0 Å². The Bertz CT molecular complexity index is 408. The Morgan fingerprint density at radius 3 is 2.58 bits per heavy atom. The summed E-state index contributed by atoms with van der Waals surface area (Å²) in [6.45, 7) is 1.97. The molecule has 0 atom stereocenters. The number of nitrogens with one attached hydrogen (secondary N) is 1. The Balaban J connectivity index is 2.60. The van der Waals surface area contributed by atoms with Crippen molar-refractivity contribution in [2.75, 3.05) is 18.2 Å². The Morgan fingerprint density at radius 1 is 1.32 bits per heavy atom. The van der Waals surface area contributed by atoms with E-state index in [0.29, 0.717) is 12.3 Å². The summed E-state index contributed by atoms with van der Waals surface area (Å²) < 4.78 is 4.93. The molecule has 1 amide bonds. The maximum absolute atomic E-state index is 11.5. The number of carbonyl (C=O) groups excluding carboxylic acids is 1. The zero-order chi connectivity index (χ0) is 14.1. The van der Waals surface area contributed by atoms with Crippen LogP contribution in [0.5, 0.6) is 0 Å². The van der Waals surface area contributed by atoms with Crippen molar-refractivity contribution >= 4 is 17.7 Å². The van der Waals surface area contributed by atoms with E-state index in [9.17, 15) is 9.59 Å². The van der Waals surface area contributed by atoms with Crippen LogP contribution in [0.2, 0.25) is 0 Å². The summed E-state index contributed by atoms with van der Waals surface area (Å²) in [5, 5.41) is 10.1. The Labute approximate surface area is 111 Å². The van der Waals surface area contributed by atoms with Gasteiger partial charge in [0.05, 0.1) is 12.3 Å². The molecule has 0 aliphatic heterocycles. The molecular formula is C13H18N2O4. The number of hydrogen-bond acceptors (Lipinski definition) is 4. The molecule has 1 rings (SSSR count). The summed E-state index contributed by atoms with van der Waals surface area (Å²) in [4.78, 5) is 22.3. The summed E-state index contributed by atoms with van der Waals surface area (Å²) in [6.07, 6.45) is 1.04. The Hall–Kier alpha value is -2.24. The van der Waals surface area contributed by atoms with E-state index in [4.69, 9.17) is 9.84 Å². The number of benzene rings is 1. The van der Waals surface area contributed by atoms with Gasteiger partial charge in [0.25, 0.3) is 0 Å². The predicted molar refractivity (Wildman–Crippen MR) is 70.8 cm³/mol. The van der Waals surface area contributed by atoms with Crippen LogP contribution in [0.15, 0.2) is 30.3 Å². The second-order valence-corrected chi connectivity index (χ2v) is 3.92. The average molecular weight is 266 g/mol. The first kappa shape index (κ1) is 14.8. The number of aliphatic carboxylic acids is 1. The number of carbonyl (C=O) groups is 2. The number of ether oxygens (including phenoxy) is 1. The molecular weight excluding hydrogens is 248 g/mol. The molecule has 0 spiro atoms. The van der Waals surface area contributed by atoms with Crippen molar-refractivity contribution < 1.29 is 19.4 Å². The van der Waals surface area contributed by atoms with Crippen molar-refractivity contribution in [2.24, 2.45) is 0 Å². The quantitative estimate of drug-likeness (QED) is 0.583. The molecule has 0 saturated carbocycles. The molecule has 0 bridgehead atoms. The highest BCUT2D eigenvalue weighted by atomic mass is 16.6. The number of hydrogen-bond donors (Lipinski definition) is 2. The zero-order valence-corrected chi connectivity index (χ0v) is 10.8. The van der Waals surface area contributed by atoms with Gasteiger partial charge in [0.2, 0.25) is 0 Å². The lowest BCUT2D eigenvalue weighted by atomic mass is 10.3.